The molecule has 0 aliphatic heterocycles. The highest BCUT2D eigenvalue weighted by Gasteiger charge is 2.03. The number of hydrogen-bond donors (Lipinski definition) is 2. The fourth-order valence-corrected chi connectivity index (χ4v) is 1.96. The molecule has 0 aromatic heterocycles. The molecule has 1 aromatic rings. The minimum Gasteiger partial charge on any atom is -0.478 e. The smallest absolute Gasteiger partial charge is 0.328 e. The van der Waals surface area contributed by atoms with E-state index in [-0.39, 0.29) is 6.61 Å². The van der Waals surface area contributed by atoms with E-state index < -0.39 is 5.97 Å². The zero-order valence-electron chi connectivity index (χ0n) is 9.01. The molecule has 0 bridgehead atoms. The van der Waals surface area contributed by atoms with Crippen molar-refractivity contribution in [2.75, 3.05) is 12.4 Å². The lowest BCUT2D eigenvalue weighted by Crippen LogP contribution is -1.96. The normalized spacial score (nSPS) is 11.5. The zero-order valence-corrected chi connectivity index (χ0v) is 9.83. The lowest BCUT2D eigenvalue weighted by atomic mass is 10.1. The van der Waals surface area contributed by atoms with Crippen LogP contribution in [0, 0.1) is 0 Å². The largest absolute Gasteiger partial charge is 0.478 e. The average Bonchev–Trinajstić information content (AvgIpc) is 2.27. The minimum atomic E-state index is -1.05. The van der Waals surface area contributed by atoms with Crippen LogP contribution in [0.3, 0.4) is 0 Å². The minimum absolute atomic E-state index is 0.271. The maximum Gasteiger partial charge on any atom is 0.328 e. The van der Waals surface area contributed by atoms with Crippen LogP contribution in [0.25, 0.3) is 5.57 Å². The van der Waals surface area contributed by atoms with Crippen molar-refractivity contribution in [1.29, 1.82) is 0 Å². The van der Waals surface area contributed by atoms with Gasteiger partial charge in [0.05, 0.1) is 6.61 Å². The van der Waals surface area contributed by atoms with E-state index >= 15 is 0 Å². The van der Waals surface area contributed by atoms with Gasteiger partial charge < -0.3 is 10.2 Å². The van der Waals surface area contributed by atoms with Crippen LogP contribution in [-0.2, 0) is 4.79 Å². The molecule has 0 atom stereocenters. The molecule has 4 heteroatoms. The summed E-state index contributed by atoms with van der Waals surface area (Å²) in [4.78, 5) is 11.7. The molecule has 86 valence electrons. The van der Waals surface area contributed by atoms with Gasteiger partial charge in [-0.05, 0) is 29.0 Å². The average molecular weight is 238 g/mol. The van der Waals surface area contributed by atoms with E-state index in [1.165, 1.54) is 0 Å². The molecule has 0 radical (unpaired) electrons. The fraction of sp³-hybridized carbons (Fsp3) is 0.250. The first-order chi connectivity index (χ1) is 7.67. The van der Waals surface area contributed by atoms with Crippen LogP contribution in [-0.4, -0.2) is 28.5 Å². The van der Waals surface area contributed by atoms with Gasteiger partial charge >= 0.3 is 5.97 Å². The lowest BCUT2D eigenvalue weighted by molar-refractivity contribution is -0.131. The van der Waals surface area contributed by atoms with Crippen LogP contribution in [0.1, 0.15) is 12.5 Å². The number of carbonyl (C=O) groups is 1. The molecule has 0 aliphatic carbocycles. The Morgan fingerprint density at radius 1 is 1.38 bits per heavy atom. The Labute approximate surface area is 98.8 Å². The van der Waals surface area contributed by atoms with Gasteiger partial charge in [-0.15, -0.1) is 11.8 Å². The molecule has 0 aliphatic rings. The highest BCUT2D eigenvalue weighted by molar-refractivity contribution is 7.99. The Kier molecular flexibility index (Phi) is 5.08. The van der Waals surface area contributed by atoms with Gasteiger partial charge in [0.1, 0.15) is 0 Å². The van der Waals surface area contributed by atoms with Crippen LogP contribution in [0.2, 0.25) is 0 Å². The highest BCUT2D eigenvalue weighted by atomic mass is 32.2. The lowest BCUT2D eigenvalue weighted by Gasteiger charge is -2.04. The number of aliphatic carboxylic acids is 1. The molecule has 0 spiro atoms. The van der Waals surface area contributed by atoms with Crippen molar-refractivity contribution in [2.45, 2.75) is 11.8 Å². The number of rotatable bonds is 5. The Morgan fingerprint density at radius 2 is 2.00 bits per heavy atom. The molecule has 0 unspecified atom stereocenters. The van der Waals surface area contributed by atoms with Crippen molar-refractivity contribution >= 4 is 23.3 Å². The summed E-state index contributed by atoms with van der Waals surface area (Å²) in [7, 11) is 0. The second-order valence-electron chi connectivity index (χ2n) is 3.12. The summed E-state index contributed by atoms with van der Waals surface area (Å²) in [6.07, 6.45) is 1.03. The molecule has 1 aromatic carbocycles. The molecule has 0 fully saturated rings. The van der Waals surface area contributed by atoms with Crippen LogP contribution < -0.4 is 0 Å². The topological polar surface area (TPSA) is 57.5 Å². The van der Waals surface area contributed by atoms with Crippen molar-refractivity contribution in [3.8, 4) is 0 Å². The SMILES string of the molecule is CCSc1ccc(/C(=C/C(=O)O)CO)cc1. The van der Waals surface area contributed by atoms with E-state index in [9.17, 15) is 4.79 Å². The summed E-state index contributed by atoms with van der Waals surface area (Å²) in [5, 5.41) is 17.7. The van der Waals surface area contributed by atoms with Crippen molar-refractivity contribution < 1.29 is 15.0 Å². The van der Waals surface area contributed by atoms with Crippen molar-refractivity contribution in [1.82, 2.24) is 0 Å². The molecule has 16 heavy (non-hydrogen) atoms. The molecule has 1 rings (SSSR count). The summed E-state index contributed by atoms with van der Waals surface area (Å²) >= 11 is 1.72. The predicted molar refractivity (Wildman–Crippen MR) is 65.5 cm³/mol. The van der Waals surface area contributed by atoms with Gasteiger partial charge in [0, 0.05) is 11.0 Å². The predicted octanol–water partition coefficient (Wildman–Crippen LogP) is 2.26. The monoisotopic (exact) mass is 238 g/mol. The number of carboxylic acid groups (broad SMARTS) is 1. The summed E-state index contributed by atoms with van der Waals surface area (Å²) in [5.74, 6) is -0.0481. The van der Waals surface area contributed by atoms with Crippen LogP contribution >= 0.6 is 11.8 Å². The van der Waals surface area contributed by atoms with E-state index in [0.717, 1.165) is 22.3 Å². The second-order valence-corrected chi connectivity index (χ2v) is 4.46. The van der Waals surface area contributed by atoms with Crippen LogP contribution in [0.4, 0.5) is 0 Å². The van der Waals surface area contributed by atoms with E-state index in [2.05, 4.69) is 6.92 Å². The molecule has 0 amide bonds. The van der Waals surface area contributed by atoms with Crippen LogP contribution in [0.15, 0.2) is 35.2 Å². The number of thioether (sulfide) groups is 1. The van der Waals surface area contributed by atoms with E-state index in [1.54, 1.807) is 11.8 Å². The quantitative estimate of drug-likeness (QED) is 0.610. The maximum atomic E-state index is 10.5. The molecule has 0 saturated carbocycles. The van der Waals surface area contributed by atoms with Gasteiger partial charge in [0.25, 0.3) is 0 Å². The Morgan fingerprint density at radius 3 is 2.44 bits per heavy atom. The first-order valence-corrected chi connectivity index (χ1v) is 5.93. The van der Waals surface area contributed by atoms with E-state index in [1.807, 2.05) is 24.3 Å². The second kappa shape index (κ2) is 6.35. The molecular formula is C12H14O3S. The molecule has 0 heterocycles. The molecule has 2 N–H and O–H groups in total. The van der Waals surface area contributed by atoms with Crippen LogP contribution in [0.5, 0.6) is 0 Å². The van der Waals surface area contributed by atoms with Crippen molar-refractivity contribution in [3.05, 3.63) is 35.9 Å². The number of hydrogen-bond acceptors (Lipinski definition) is 3. The van der Waals surface area contributed by atoms with Gasteiger partial charge in [0.15, 0.2) is 0 Å². The summed E-state index contributed by atoms with van der Waals surface area (Å²) in [5.41, 5.74) is 1.16. The Bertz CT molecular complexity index is 382. The summed E-state index contributed by atoms with van der Waals surface area (Å²) < 4.78 is 0. The summed E-state index contributed by atoms with van der Waals surface area (Å²) in [6.45, 7) is 1.80. The standard InChI is InChI=1S/C12H14O3S/c1-2-16-11-5-3-9(4-6-11)10(8-13)7-12(14)15/h3-7,13H,2,8H2,1H3,(H,14,15)/b10-7+. The third-order valence-electron chi connectivity index (χ3n) is 2.00. The maximum absolute atomic E-state index is 10.5. The van der Waals surface area contributed by atoms with Gasteiger partial charge in [-0.2, -0.15) is 0 Å². The van der Waals surface area contributed by atoms with Gasteiger partial charge in [-0.25, -0.2) is 4.79 Å². The first kappa shape index (κ1) is 12.8. The van der Waals surface area contributed by atoms with Crippen molar-refractivity contribution in [3.63, 3.8) is 0 Å². The van der Waals surface area contributed by atoms with Gasteiger partial charge in [0.2, 0.25) is 0 Å². The summed E-state index contributed by atoms with van der Waals surface area (Å²) in [6, 6.07) is 7.50. The third kappa shape index (κ3) is 3.72. The van der Waals surface area contributed by atoms with E-state index in [0.29, 0.717) is 5.57 Å². The third-order valence-corrected chi connectivity index (χ3v) is 2.90. The Hall–Kier alpha value is -1.26. The first-order valence-electron chi connectivity index (χ1n) is 4.95. The Balaban J connectivity index is 2.91. The number of carboxylic acids is 1. The van der Waals surface area contributed by atoms with Crippen molar-refractivity contribution in [2.24, 2.45) is 0 Å². The molecular weight excluding hydrogens is 224 g/mol. The van der Waals surface area contributed by atoms with Gasteiger partial charge in [-0.3, -0.25) is 0 Å². The highest BCUT2D eigenvalue weighted by Crippen LogP contribution is 2.21. The molecule has 3 nitrogen and oxygen atoms in total. The fourth-order valence-electron chi connectivity index (χ4n) is 1.30. The van der Waals surface area contributed by atoms with E-state index in [4.69, 9.17) is 10.2 Å². The number of aliphatic hydroxyl groups is 1. The molecule has 0 saturated heterocycles. The number of benzene rings is 1. The number of aliphatic hydroxyl groups excluding tert-OH is 1. The zero-order chi connectivity index (χ0) is 12.0. The van der Waals surface area contributed by atoms with Gasteiger partial charge in [-0.1, -0.05) is 19.1 Å².